The number of carbonyl (C=O) groups excluding carboxylic acids is 1. The molecule has 0 radical (unpaired) electrons. The summed E-state index contributed by atoms with van der Waals surface area (Å²) < 4.78 is 9.77. The molecule has 0 saturated carbocycles. The smallest absolute Gasteiger partial charge is 0.324 e. The first-order chi connectivity index (χ1) is 8.93. The molecule has 3 rings (SSSR count). The number of carbonyl (C=O) groups is 1. The summed E-state index contributed by atoms with van der Waals surface area (Å²) in [4.78, 5) is 18.4. The number of nitrogens with zero attached hydrogens (tertiary/aromatic N) is 3. The van der Waals surface area contributed by atoms with Crippen LogP contribution in [0.15, 0.2) is 0 Å². The monoisotopic (exact) mass is 282 g/mol. The second kappa shape index (κ2) is 4.42. The lowest BCUT2D eigenvalue weighted by molar-refractivity contribution is 0.0473. The lowest BCUT2D eigenvalue weighted by Gasteiger charge is -2.26. The van der Waals surface area contributed by atoms with E-state index in [0.717, 1.165) is 12.2 Å². The molecule has 7 heteroatoms. The van der Waals surface area contributed by atoms with Crippen LogP contribution in [-0.2, 0) is 10.2 Å². The van der Waals surface area contributed by atoms with E-state index in [-0.39, 0.29) is 23.6 Å². The van der Waals surface area contributed by atoms with Crippen molar-refractivity contribution in [2.45, 2.75) is 44.8 Å². The molecule has 104 valence electrons. The van der Waals surface area contributed by atoms with E-state index in [4.69, 9.17) is 4.74 Å². The van der Waals surface area contributed by atoms with Crippen LogP contribution in [0.25, 0.3) is 0 Å². The van der Waals surface area contributed by atoms with Gasteiger partial charge in [0.05, 0.1) is 18.8 Å². The van der Waals surface area contributed by atoms with Gasteiger partial charge in [-0.25, -0.2) is 9.78 Å². The molecule has 19 heavy (non-hydrogen) atoms. The minimum absolute atomic E-state index is 0.0904. The fourth-order valence-corrected chi connectivity index (χ4v) is 3.14. The Balaban J connectivity index is 1.65. The molecule has 2 fully saturated rings. The van der Waals surface area contributed by atoms with Crippen molar-refractivity contribution in [1.82, 2.24) is 14.3 Å². The van der Waals surface area contributed by atoms with E-state index in [1.807, 2.05) is 4.90 Å². The zero-order valence-corrected chi connectivity index (χ0v) is 12.2. The molecule has 3 heterocycles. The average molecular weight is 282 g/mol. The number of ether oxygens (including phenoxy) is 1. The van der Waals surface area contributed by atoms with E-state index in [1.165, 1.54) is 11.5 Å². The maximum absolute atomic E-state index is 12.2. The Morgan fingerprint density at radius 2 is 2.32 bits per heavy atom. The van der Waals surface area contributed by atoms with Crippen LogP contribution in [0.4, 0.5) is 9.93 Å². The highest BCUT2D eigenvalue weighted by Gasteiger charge is 2.41. The maximum Gasteiger partial charge on any atom is 0.324 e. The van der Waals surface area contributed by atoms with Gasteiger partial charge < -0.3 is 9.64 Å². The molecule has 0 unspecified atom stereocenters. The van der Waals surface area contributed by atoms with E-state index in [2.05, 4.69) is 35.4 Å². The maximum atomic E-state index is 12.2. The lowest BCUT2D eigenvalue weighted by atomic mass is 9.96. The van der Waals surface area contributed by atoms with Crippen LogP contribution < -0.4 is 5.32 Å². The highest BCUT2D eigenvalue weighted by atomic mass is 32.1. The number of hydrogen-bond donors (Lipinski definition) is 1. The minimum Gasteiger partial charge on any atom is -0.374 e. The van der Waals surface area contributed by atoms with Gasteiger partial charge in [0.1, 0.15) is 5.82 Å². The largest absolute Gasteiger partial charge is 0.374 e. The first kappa shape index (κ1) is 12.8. The molecule has 0 aromatic carbocycles. The Bertz CT molecular complexity index is 496. The first-order valence-corrected chi connectivity index (χ1v) is 7.24. The van der Waals surface area contributed by atoms with Crippen molar-refractivity contribution in [2.24, 2.45) is 0 Å². The molecule has 2 atom stereocenters. The summed E-state index contributed by atoms with van der Waals surface area (Å²) >= 11 is 1.23. The Morgan fingerprint density at radius 1 is 1.53 bits per heavy atom. The molecule has 0 aliphatic carbocycles. The third-order valence-corrected chi connectivity index (χ3v) is 4.10. The zero-order chi connectivity index (χ0) is 13.6. The standard InChI is InChI=1S/C12H18N4O2S/c1-12(2,3)9-13-10(19-15-9)14-11(17)16-5-8-4-7(16)6-18-8/h7-8H,4-6H2,1-3H3,(H,13,14,15,17)/t7-,8-/m0/s1. The van der Waals surface area contributed by atoms with Gasteiger partial charge in [-0.05, 0) is 6.42 Å². The zero-order valence-electron chi connectivity index (χ0n) is 11.3. The Morgan fingerprint density at radius 3 is 2.84 bits per heavy atom. The highest BCUT2D eigenvalue weighted by molar-refractivity contribution is 7.09. The number of rotatable bonds is 1. The third kappa shape index (κ3) is 2.44. The van der Waals surface area contributed by atoms with E-state index in [1.54, 1.807) is 0 Å². The number of anilines is 1. The van der Waals surface area contributed by atoms with Gasteiger partial charge in [0.15, 0.2) is 0 Å². The summed E-state index contributed by atoms with van der Waals surface area (Å²) in [5.74, 6) is 0.763. The number of fused-ring (bicyclic) bond motifs is 2. The number of morpholine rings is 1. The molecule has 2 saturated heterocycles. The Hall–Kier alpha value is -1.21. The average Bonchev–Trinajstić information content (AvgIpc) is 3.02. The number of hydrogen-bond acceptors (Lipinski definition) is 5. The number of nitrogens with one attached hydrogen (secondary N) is 1. The van der Waals surface area contributed by atoms with Gasteiger partial charge in [0.25, 0.3) is 0 Å². The highest BCUT2D eigenvalue weighted by Crippen LogP contribution is 2.29. The lowest BCUT2D eigenvalue weighted by Crippen LogP contribution is -2.43. The molecule has 2 amide bonds. The second-order valence-electron chi connectivity index (χ2n) is 6.10. The van der Waals surface area contributed by atoms with Gasteiger partial charge in [-0.15, -0.1) is 0 Å². The second-order valence-corrected chi connectivity index (χ2v) is 6.85. The van der Waals surface area contributed by atoms with Crippen LogP contribution in [0, 0.1) is 0 Å². The van der Waals surface area contributed by atoms with E-state index >= 15 is 0 Å². The van der Waals surface area contributed by atoms with Crippen molar-refractivity contribution in [3.63, 3.8) is 0 Å². The van der Waals surface area contributed by atoms with Crippen molar-refractivity contribution >= 4 is 22.7 Å². The van der Waals surface area contributed by atoms with E-state index in [0.29, 0.717) is 18.3 Å². The van der Waals surface area contributed by atoms with Crippen LogP contribution in [0.1, 0.15) is 33.0 Å². The molecule has 0 spiro atoms. The molecular weight excluding hydrogens is 264 g/mol. The molecule has 2 bridgehead atoms. The fourth-order valence-electron chi connectivity index (χ4n) is 2.39. The summed E-state index contributed by atoms with van der Waals surface area (Å²) in [5, 5.41) is 3.41. The topological polar surface area (TPSA) is 67.4 Å². The van der Waals surface area contributed by atoms with Crippen molar-refractivity contribution < 1.29 is 9.53 Å². The molecule has 1 aromatic heterocycles. The number of aromatic nitrogens is 2. The van der Waals surface area contributed by atoms with Gasteiger partial charge in [-0.1, -0.05) is 20.8 Å². The minimum atomic E-state index is -0.0972. The Kier molecular flexibility index (Phi) is 2.98. The van der Waals surface area contributed by atoms with Crippen LogP contribution in [0.5, 0.6) is 0 Å². The van der Waals surface area contributed by atoms with Gasteiger partial charge in [0, 0.05) is 23.5 Å². The molecule has 2 aliphatic rings. The van der Waals surface area contributed by atoms with Crippen LogP contribution in [0.3, 0.4) is 0 Å². The molecular formula is C12H18N4O2S. The summed E-state index contributed by atoms with van der Waals surface area (Å²) in [7, 11) is 0. The van der Waals surface area contributed by atoms with Crippen molar-refractivity contribution in [3.8, 4) is 0 Å². The van der Waals surface area contributed by atoms with Gasteiger partial charge in [-0.2, -0.15) is 4.37 Å². The predicted octanol–water partition coefficient (Wildman–Crippen LogP) is 1.84. The van der Waals surface area contributed by atoms with Crippen LogP contribution in [0.2, 0.25) is 0 Å². The number of likely N-dealkylation sites (tertiary alicyclic amines) is 1. The summed E-state index contributed by atoms with van der Waals surface area (Å²) in [6, 6.07) is 0.132. The van der Waals surface area contributed by atoms with Crippen molar-refractivity contribution in [2.75, 3.05) is 18.5 Å². The molecule has 1 N–H and O–H groups in total. The predicted molar refractivity (Wildman–Crippen MR) is 72.5 cm³/mol. The third-order valence-electron chi connectivity index (χ3n) is 3.47. The van der Waals surface area contributed by atoms with Crippen molar-refractivity contribution in [1.29, 1.82) is 0 Å². The van der Waals surface area contributed by atoms with Gasteiger partial charge in [0.2, 0.25) is 5.13 Å². The van der Waals surface area contributed by atoms with Crippen molar-refractivity contribution in [3.05, 3.63) is 5.82 Å². The number of amides is 2. The molecule has 6 nitrogen and oxygen atoms in total. The van der Waals surface area contributed by atoms with Gasteiger partial charge >= 0.3 is 6.03 Å². The van der Waals surface area contributed by atoms with Crippen LogP contribution in [-0.4, -0.2) is 45.6 Å². The normalized spacial score (nSPS) is 25.9. The SMILES string of the molecule is CC(C)(C)c1nsc(NC(=O)N2C[C@@H]3C[C@H]2CO3)n1. The molecule has 1 aromatic rings. The van der Waals surface area contributed by atoms with E-state index < -0.39 is 0 Å². The van der Waals surface area contributed by atoms with E-state index in [9.17, 15) is 4.79 Å². The van der Waals surface area contributed by atoms with Gasteiger partial charge in [-0.3, -0.25) is 5.32 Å². The Labute approximate surface area is 116 Å². The summed E-state index contributed by atoms with van der Waals surface area (Å²) in [6.45, 7) is 7.50. The first-order valence-electron chi connectivity index (χ1n) is 6.47. The molecule has 2 aliphatic heterocycles. The van der Waals surface area contributed by atoms with Crippen LogP contribution >= 0.6 is 11.5 Å². The summed E-state index contributed by atoms with van der Waals surface area (Å²) in [5.41, 5.74) is -0.0972. The quantitative estimate of drug-likeness (QED) is 0.853. The fraction of sp³-hybridized carbons (Fsp3) is 0.750. The number of urea groups is 1. The summed E-state index contributed by atoms with van der Waals surface area (Å²) in [6.07, 6.45) is 1.17.